The first kappa shape index (κ1) is 7.17. The van der Waals surface area contributed by atoms with E-state index in [0.717, 1.165) is 0 Å². The van der Waals surface area contributed by atoms with Gasteiger partial charge in [-0.25, -0.2) is 4.99 Å². The van der Waals surface area contributed by atoms with E-state index in [1.807, 2.05) is 0 Å². The summed E-state index contributed by atoms with van der Waals surface area (Å²) in [5.41, 5.74) is 4.93. The minimum atomic E-state index is 0.581. The molecule has 46 valence electrons. The molecular weight excluding hydrogens is 104 g/mol. The highest BCUT2D eigenvalue weighted by Crippen LogP contribution is 1.72. The van der Waals surface area contributed by atoms with Crippen molar-refractivity contribution in [2.24, 2.45) is 10.7 Å². The summed E-state index contributed by atoms with van der Waals surface area (Å²) in [7, 11) is 1.62. The number of hydrogen-bond acceptors (Lipinski definition) is 2. The Hall–Kier alpha value is -0.830. The number of hydrogen-bond donors (Lipinski definition) is 1. The second kappa shape index (κ2) is 6.17. The molecule has 0 unspecified atom stereocenters. The predicted molar refractivity (Wildman–Crippen MR) is 33.7 cm³/mol. The summed E-state index contributed by atoms with van der Waals surface area (Å²) in [5, 5.41) is 0. The summed E-state index contributed by atoms with van der Waals surface area (Å²) in [6, 6.07) is 0. The van der Waals surface area contributed by atoms with E-state index in [2.05, 4.69) is 9.73 Å². The van der Waals surface area contributed by atoms with Gasteiger partial charge in [-0.3, -0.25) is 0 Å². The molecule has 8 heavy (non-hydrogen) atoms. The highest BCUT2D eigenvalue weighted by Gasteiger charge is 1.65. The van der Waals surface area contributed by atoms with Gasteiger partial charge in [0.25, 0.3) is 0 Å². The molecule has 0 aliphatic carbocycles. The van der Waals surface area contributed by atoms with E-state index in [0.29, 0.717) is 6.61 Å². The number of nitrogens with zero attached hydrogens (tertiary/aromatic N) is 1. The second-order valence-electron chi connectivity index (χ2n) is 1.14. The Morgan fingerprint density at radius 1 is 1.75 bits per heavy atom. The van der Waals surface area contributed by atoms with Gasteiger partial charge in [0.05, 0.1) is 12.9 Å². The van der Waals surface area contributed by atoms with Crippen molar-refractivity contribution in [1.29, 1.82) is 0 Å². The summed E-state index contributed by atoms with van der Waals surface area (Å²) in [6.07, 6.45) is 4.58. The lowest BCUT2D eigenvalue weighted by Crippen LogP contribution is -1.86. The molecule has 0 aromatic heterocycles. The summed E-state index contributed by atoms with van der Waals surface area (Å²) >= 11 is 0. The van der Waals surface area contributed by atoms with Crippen LogP contribution in [0.25, 0.3) is 0 Å². The first-order valence-electron chi connectivity index (χ1n) is 2.29. The second-order valence-corrected chi connectivity index (χ2v) is 1.14. The lowest BCUT2D eigenvalue weighted by atomic mass is 10.6. The zero-order valence-electron chi connectivity index (χ0n) is 4.87. The van der Waals surface area contributed by atoms with Crippen LogP contribution in [0.3, 0.4) is 0 Å². The topological polar surface area (TPSA) is 47.6 Å². The van der Waals surface area contributed by atoms with Crippen molar-refractivity contribution in [2.75, 3.05) is 13.7 Å². The van der Waals surface area contributed by atoms with Crippen molar-refractivity contribution < 1.29 is 4.74 Å². The molecule has 0 radical (unpaired) electrons. The van der Waals surface area contributed by atoms with Crippen LogP contribution in [-0.4, -0.2) is 20.1 Å². The fourth-order valence-electron chi connectivity index (χ4n) is 0.250. The molecular formula is C5H10N2O. The van der Waals surface area contributed by atoms with Crippen molar-refractivity contribution in [1.82, 2.24) is 0 Å². The smallest absolute Gasteiger partial charge is 0.0852 e. The number of aliphatic imine (C=N–C) groups is 1. The van der Waals surface area contributed by atoms with Crippen molar-refractivity contribution in [3.05, 3.63) is 12.3 Å². The Morgan fingerprint density at radius 3 is 3.00 bits per heavy atom. The minimum absolute atomic E-state index is 0.581. The maximum atomic E-state index is 4.93. The van der Waals surface area contributed by atoms with Gasteiger partial charge in [-0.1, -0.05) is 0 Å². The van der Waals surface area contributed by atoms with Crippen LogP contribution in [0.1, 0.15) is 0 Å². The molecule has 3 heteroatoms. The SMILES string of the molecule is COCC=CN=CN. The van der Waals surface area contributed by atoms with E-state index in [9.17, 15) is 0 Å². The molecule has 0 atom stereocenters. The first-order valence-corrected chi connectivity index (χ1v) is 2.29. The minimum Gasteiger partial charge on any atom is -0.390 e. The highest BCUT2D eigenvalue weighted by molar-refractivity contribution is 5.52. The molecule has 0 fully saturated rings. The highest BCUT2D eigenvalue weighted by atomic mass is 16.5. The van der Waals surface area contributed by atoms with Crippen LogP contribution in [0.5, 0.6) is 0 Å². The molecule has 0 saturated carbocycles. The molecule has 0 heterocycles. The monoisotopic (exact) mass is 114 g/mol. The van der Waals surface area contributed by atoms with Gasteiger partial charge in [-0.2, -0.15) is 0 Å². The Morgan fingerprint density at radius 2 is 2.50 bits per heavy atom. The predicted octanol–water partition coefficient (Wildman–Crippen LogP) is 0.134. The van der Waals surface area contributed by atoms with Crippen LogP contribution in [0, 0.1) is 0 Å². The summed E-state index contributed by atoms with van der Waals surface area (Å²) < 4.78 is 4.69. The Kier molecular flexibility index (Phi) is 5.53. The third-order valence-electron chi connectivity index (χ3n) is 0.540. The molecule has 0 spiro atoms. The molecule has 0 aromatic carbocycles. The molecule has 3 nitrogen and oxygen atoms in total. The van der Waals surface area contributed by atoms with E-state index in [4.69, 9.17) is 5.73 Å². The van der Waals surface area contributed by atoms with Gasteiger partial charge in [0.2, 0.25) is 0 Å². The van der Waals surface area contributed by atoms with Crippen LogP contribution < -0.4 is 5.73 Å². The Balaban J connectivity index is 3.07. The largest absolute Gasteiger partial charge is 0.390 e. The molecule has 2 N–H and O–H groups in total. The third kappa shape index (κ3) is 5.17. The quantitative estimate of drug-likeness (QED) is 0.419. The van der Waals surface area contributed by atoms with Gasteiger partial charge in [-0.15, -0.1) is 0 Å². The van der Waals surface area contributed by atoms with Crippen LogP contribution in [0.2, 0.25) is 0 Å². The standard InChI is InChI=1S/C5H10N2O/c1-8-4-2-3-7-5-6/h2-3,5H,4H2,1H3,(H2,6,7). The van der Waals surface area contributed by atoms with Gasteiger partial charge >= 0.3 is 0 Å². The lowest BCUT2D eigenvalue weighted by molar-refractivity contribution is 0.233. The van der Waals surface area contributed by atoms with E-state index in [-0.39, 0.29) is 0 Å². The molecule has 0 saturated heterocycles. The van der Waals surface area contributed by atoms with Crippen LogP contribution >= 0.6 is 0 Å². The zero-order chi connectivity index (χ0) is 6.24. The fraction of sp³-hybridized carbons (Fsp3) is 0.400. The summed E-state index contributed by atoms with van der Waals surface area (Å²) in [6.45, 7) is 0.581. The fourth-order valence-corrected chi connectivity index (χ4v) is 0.250. The maximum Gasteiger partial charge on any atom is 0.0852 e. The van der Waals surface area contributed by atoms with Crippen molar-refractivity contribution in [3.8, 4) is 0 Å². The van der Waals surface area contributed by atoms with Gasteiger partial charge in [-0.05, 0) is 6.08 Å². The van der Waals surface area contributed by atoms with Gasteiger partial charge in [0.15, 0.2) is 0 Å². The molecule has 0 aliphatic rings. The Bertz CT molecular complexity index is 88.4. The molecule has 0 rings (SSSR count). The average molecular weight is 114 g/mol. The Labute approximate surface area is 48.9 Å². The summed E-state index contributed by atoms with van der Waals surface area (Å²) in [4.78, 5) is 3.60. The first-order chi connectivity index (χ1) is 3.91. The van der Waals surface area contributed by atoms with Gasteiger partial charge in [0, 0.05) is 13.3 Å². The van der Waals surface area contributed by atoms with E-state index >= 15 is 0 Å². The van der Waals surface area contributed by atoms with Crippen molar-refractivity contribution in [2.45, 2.75) is 0 Å². The van der Waals surface area contributed by atoms with E-state index in [1.54, 1.807) is 19.4 Å². The zero-order valence-corrected chi connectivity index (χ0v) is 4.87. The normalized spacial score (nSPS) is 11.6. The lowest BCUT2D eigenvalue weighted by Gasteiger charge is -1.82. The van der Waals surface area contributed by atoms with Crippen LogP contribution in [0.4, 0.5) is 0 Å². The third-order valence-corrected chi connectivity index (χ3v) is 0.540. The number of rotatable bonds is 3. The maximum absolute atomic E-state index is 4.93. The van der Waals surface area contributed by atoms with E-state index < -0.39 is 0 Å². The van der Waals surface area contributed by atoms with Gasteiger partial charge in [0.1, 0.15) is 0 Å². The average Bonchev–Trinajstić information content (AvgIpc) is 1.81. The molecule has 0 aliphatic heterocycles. The van der Waals surface area contributed by atoms with Crippen molar-refractivity contribution >= 4 is 6.34 Å². The molecule has 0 amide bonds. The number of nitrogens with two attached hydrogens (primary N) is 1. The van der Waals surface area contributed by atoms with Crippen LogP contribution in [0.15, 0.2) is 17.3 Å². The number of ether oxygens (including phenoxy) is 1. The van der Waals surface area contributed by atoms with Crippen molar-refractivity contribution in [3.63, 3.8) is 0 Å². The summed E-state index contributed by atoms with van der Waals surface area (Å²) in [5.74, 6) is 0. The van der Waals surface area contributed by atoms with E-state index in [1.165, 1.54) is 6.34 Å². The van der Waals surface area contributed by atoms with Crippen LogP contribution in [-0.2, 0) is 4.74 Å². The molecule has 0 bridgehead atoms. The van der Waals surface area contributed by atoms with Gasteiger partial charge < -0.3 is 10.5 Å². The molecule has 0 aromatic rings. The number of methoxy groups -OCH3 is 1.